The Morgan fingerprint density at radius 1 is 1.04 bits per heavy atom. The van der Waals surface area contributed by atoms with Crippen LogP contribution in [0.25, 0.3) is 0 Å². The molecular weight excluding hydrogens is 318 g/mol. The number of piperazine rings is 1. The summed E-state index contributed by atoms with van der Waals surface area (Å²) in [4.78, 5) is 17.4. The molecular formula is C19H25N3OS. The lowest BCUT2D eigenvalue weighted by Crippen LogP contribution is -2.50. The monoisotopic (exact) mass is 343 g/mol. The highest BCUT2D eigenvalue weighted by atomic mass is 32.2. The molecule has 1 atom stereocenters. The molecule has 1 aliphatic rings. The van der Waals surface area contributed by atoms with Gasteiger partial charge in [0.1, 0.15) is 6.04 Å². The Morgan fingerprint density at radius 3 is 2.33 bits per heavy atom. The van der Waals surface area contributed by atoms with Gasteiger partial charge >= 0.3 is 0 Å². The summed E-state index contributed by atoms with van der Waals surface area (Å²) in [5.74, 6) is 1.26. The Hall–Kier alpha value is -1.88. The van der Waals surface area contributed by atoms with Crippen LogP contribution in [0.5, 0.6) is 0 Å². The van der Waals surface area contributed by atoms with Gasteiger partial charge in [0.25, 0.3) is 0 Å². The lowest BCUT2D eigenvalue weighted by atomic mass is 10.1. The van der Waals surface area contributed by atoms with Gasteiger partial charge in [-0.3, -0.25) is 4.79 Å². The van der Waals surface area contributed by atoms with E-state index in [1.54, 1.807) is 11.8 Å². The standard InChI is InChI=1S/C19H25N3OS/c1-24-16-9-18(21-10-5-6-11-21)19(23)22-14-12-20(13-15-22)17-7-3-2-4-8-17/h2-8,10-11,18H,9,12-16H2,1H3/t18-/m0/s1. The molecule has 1 aliphatic heterocycles. The van der Waals surface area contributed by atoms with Crippen molar-refractivity contribution in [1.82, 2.24) is 9.47 Å². The summed E-state index contributed by atoms with van der Waals surface area (Å²) in [5, 5.41) is 0. The van der Waals surface area contributed by atoms with Gasteiger partial charge in [-0.15, -0.1) is 0 Å². The minimum Gasteiger partial charge on any atom is -0.368 e. The molecule has 2 heterocycles. The number of benzene rings is 1. The summed E-state index contributed by atoms with van der Waals surface area (Å²) < 4.78 is 2.06. The molecule has 0 aliphatic carbocycles. The number of nitrogens with zero attached hydrogens (tertiary/aromatic N) is 3. The van der Waals surface area contributed by atoms with Crippen LogP contribution in [-0.4, -0.2) is 53.6 Å². The van der Waals surface area contributed by atoms with E-state index in [9.17, 15) is 4.79 Å². The fraction of sp³-hybridized carbons (Fsp3) is 0.421. The molecule has 4 nitrogen and oxygen atoms in total. The number of hydrogen-bond donors (Lipinski definition) is 0. The zero-order valence-corrected chi connectivity index (χ0v) is 15.0. The van der Waals surface area contributed by atoms with Crippen molar-refractivity contribution >= 4 is 23.4 Å². The molecule has 5 heteroatoms. The van der Waals surface area contributed by atoms with E-state index in [1.165, 1.54) is 5.69 Å². The molecule has 0 N–H and O–H groups in total. The molecule has 128 valence electrons. The number of anilines is 1. The highest BCUT2D eigenvalue weighted by Gasteiger charge is 2.28. The van der Waals surface area contributed by atoms with Gasteiger partial charge in [-0.25, -0.2) is 0 Å². The summed E-state index contributed by atoms with van der Waals surface area (Å²) in [6.07, 6.45) is 6.98. The molecule has 0 bridgehead atoms. The van der Waals surface area contributed by atoms with Gasteiger partial charge in [0.15, 0.2) is 0 Å². The van der Waals surface area contributed by atoms with Crippen LogP contribution >= 0.6 is 11.8 Å². The largest absolute Gasteiger partial charge is 0.368 e. The van der Waals surface area contributed by atoms with Gasteiger partial charge in [-0.1, -0.05) is 18.2 Å². The molecule has 1 fully saturated rings. The lowest BCUT2D eigenvalue weighted by Gasteiger charge is -2.37. The van der Waals surface area contributed by atoms with Crippen molar-refractivity contribution in [3.05, 3.63) is 54.9 Å². The van der Waals surface area contributed by atoms with E-state index in [0.717, 1.165) is 38.4 Å². The third kappa shape index (κ3) is 3.96. The molecule has 2 aromatic rings. The number of para-hydroxylation sites is 1. The first-order chi connectivity index (χ1) is 11.8. The van der Waals surface area contributed by atoms with Crippen molar-refractivity contribution < 1.29 is 4.79 Å². The van der Waals surface area contributed by atoms with Crippen LogP contribution in [0.15, 0.2) is 54.9 Å². The van der Waals surface area contributed by atoms with Gasteiger partial charge in [0.05, 0.1) is 0 Å². The zero-order valence-electron chi connectivity index (χ0n) is 14.2. The van der Waals surface area contributed by atoms with Gasteiger partial charge in [-0.2, -0.15) is 11.8 Å². The number of thioether (sulfide) groups is 1. The predicted octanol–water partition coefficient (Wildman–Crippen LogP) is 3.13. The maximum atomic E-state index is 13.0. The van der Waals surface area contributed by atoms with Crippen LogP contribution in [0.3, 0.4) is 0 Å². The average molecular weight is 343 g/mol. The number of carbonyl (C=O) groups excluding carboxylic acids is 1. The Bertz CT molecular complexity index is 621. The summed E-state index contributed by atoms with van der Waals surface area (Å²) in [5.41, 5.74) is 1.24. The van der Waals surface area contributed by atoms with Crippen LogP contribution < -0.4 is 4.90 Å². The van der Waals surface area contributed by atoms with Crippen molar-refractivity contribution in [1.29, 1.82) is 0 Å². The van der Waals surface area contributed by atoms with Crippen molar-refractivity contribution in [3.8, 4) is 0 Å². The molecule has 1 saturated heterocycles. The predicted molar refractivity (Wildman–Crippen MR) is 102 cm³/mol. The van der Waals surface area contributed by atoms with Crippen molar-refractivity contribution in [3.63, 3.8) is 0 Å². The molecule has 1 amide bonds. The van der Waals surface area contributed by atoms with E-state index in [4.69, 9.17) is 0 Å². The van der Waals surface area contributed by atoms with Crippen molar-refractivity contribution in [2.75, 3.05) is 43.1 Å². The van der Waals surface area contributed by atoms with E-state index >= 15 is 0 Å². The average Bonchev–Trinajstić information content (AvgIpc) is 3.17. The van der Waals surface area contributed by atoms with Crippen LogP contribution in [0.1, 0.15) is 12.5 Å². The smallest absolute Gasteiger partial charge is 0.245 e. The molecule has 24 heavy (non-hydrogen) atoms. The second-order valence-electron chi connectivity index (χ2n) is 6.08. The van der Waals surface area contributed by atoms with Crippen LogP contribution in [-0.2, 0) is 4.79 Å². The first kappa shape index (κ1) is 17.0. The number of amides is 1. The second-order valence-corrected chi connectivity index (χ2v) is 7.06. The molecule has 0 unspecified atom stereocenters. The van der Waals surface area contributed by atoms with Gasteiger partial charge < -0.3 is 14.4 Å². The van der Waals surface area contributed by atoms with E-state index in [-0.39, 0.29) is 11.9 Å². The highest BCUT2D eigenvalue weighted by molar-refractivity contribution is 7.98. The minimum atomic E-state index is -0.0734. The first-order valence-electron chi connectivity index (χ1n) is 8.50. The van der Waals surface area contributed by atoms with Crippen molar-refractivity contribution in [2.45, 2.75) is 12.5 Å². The van der Waals surface area contributed by atoms with E-state index in [1.807, 2.05) is 35.5 Å². The van der Waals surface area contributed by atoms with Crippen LogP contribution in [0.2, 0.25) is 0 Å². The molecule has 0 saturated carbocycles. The van der Waals surface area contributed by atoms with E-state index in [0.29, 0.717) is 0 Å². The molecule has 0 radical (unpaired) electrons. The fourth-order valence-electron chi connectivity index (χ4n) is 3.22. The number of carbonyl (C=O) groups is 1. The van der Waals surface area contributed by atoms with E-state index in [2.05, 4.69) is 40.0 Å². The van der Waals surface area contributed by atoms with Gasteiger partial charge in [-0.05, 0) is 42.7 Å². The lowest BCUT2D eigenvalue weighted by molar-refractivity contribution is -0.135. The summed E-state index contributed by atoms with van der Waals surface area (Å²) >= 11 is 1.80. The molecule has 1 aromatic carbocycles. The topological polar surface area (TPSA) is 28.5 Å². The Morgan fingerprint density at radius 2 is 1.71 bits per heavy atom. The summed E-state index contributed by atoms with van der Waals surface area (Å²) in [6, 6.07) is 14.4. The zero-order chi connectivity index (χ0) is 16.8. The summed E-state index contributed by atoms with van der Waals surface area (Å²) in [6.45, 7) is 3.39. The fourth-order valence-corrected chi connectivity index (χ4v) is 3.68. The molecule has 3 rings (SSSR count). The number of hydrogen-bond acceptors (Lipinski definition) is 3. The molecule has 0 spiro atoms. The van der Waals surface area contributed by atoms with Gasteiger partial charge in [0, 0.05) is 44.3 Å². The number of aromatic nitrogens is 1. The Labute approximate surface area is 148 Å². The Kier molecular flexibility index (Phi) is 5.86. The van der Waals surface area contributed by atoms with Crippen molar-refractivity contribution in [2.24, 2.45) is 0 Å². The number of rotatable bonds is 6. The minimum absolute atomic E-state index is 0.0734. The Balaban J connectivity index is 1.62. The maximum Gasteiger partial charge on any atom is 0.245 e. The molecule has 1 aromatic heterocycles. The van der Waals surface area contributed by atoms with Crippen LogP contribution in [0, 0.1) is 0 Å². The van der Waals surface area contributed by atoms with E-state index < -0.39 is 0 Å². The van der Waals surface area contributed by atoms with Gasteiger partial charge in [0.2, 0.25) is 5.91 Å². The normalized spacial score (nSPS) is 16.2. The quantitative estimate of drug-likeness (QED) is 0.807. The SMILES string of the molecule is CSCC[C@@H](C(=O)N1CCN(c2ccccc2)CC1)n1cccc1. The second kappa shape index (κ2) is 8.29. The first-order valence-corrected chi connectivity index (χ1v) is 9.89. The summed E-state index contributed by atoms with van der Waals surface area (Å²) in [7, 11) is 0. The third-order valence-electron chi connectivity index (χ3n) is 4.58. The van der Waals surface area contributed by atoms with Crippen LogP contribution in [0.4, 0.5) is 5.69 Å². The third-order valence-corrected chi connectivity index (χ3v) is 5.22. The highest BCUT2D eigenvalue weighted by Crippen LogP contribution is 2.21. The maximum absolute atomic E-state index is 13.0.